The molecule has 4 fully saturated rings. The minimum absolute atomic E-state index is 0.0379. The first-order valence-corrected chi connectivity index (χ1v) is 23.5. The average molecular weight is 924 g/mol. The second kappa shape index (κ2) is 19.1. The highest BCUT2D eigenvalue weighted by atomic mass is 16.4. The zero-order chi connectivity index (χ0) is 47.6. The number of pyridine rings is 2. The molecule has 9 rings (SSSR count). The number of imide groups is 1. The molecule has 5 N–H and O–H groups in total. The van der Waals surface area contributed by atoms with E-state index in [0.29, 0.717) is 80.4 Å². The maximum atomic E-state index is 14.0. The van der Waals surface area contributed by atoms with E-state index < -0.39 is 12.0 Å². The van der Waals surface area contributed by atoms with E-state index in [1.54, 1.807) is 34.8 Å². The van der Waals surface area contributed by atoms with Crippen LogP contribution < -0.4 is 31.1 Å². The standard InChI is InChI=1S/C50H57N11O7/c1-32-25-37(58-22-19-49(2,29-58)33-9-5-3-6-10-33)28-61-45(32)56-44(57-61)47(66)60-24-21-50(31-60)20-23-59(30-50)40-27-36(26-39(54-40)48(67)68)53-42(63)12-8-4-7-11-41(62)52-35-15-13-34(14-16-35)51-38-17-18-43(64)55-46(38)65/h3,5-6,9-10,13-16,25-28,38,51H,4,7-8,11-12,17-24,29-31H2,1-2H3,(H,52,62)(H,67,68)(H,53,54,63)(H,55,64,65)/t38?,49-,50+/m0/s1. The van der Waals surface area contributed by atoms with Crippen molar-refractivity contribution in [3.63, 3.8) is 0 Å². The molecular weight excluding hydrogens is 867 g/mol. The molecule has 18 heteroatoms. The number of nitrogens with one attached hydrogen (secondary N) is 4. The van der Waals surface area contributed by atoms with Crippen LogP contribution in [0, 0.1) is 12.3 Å². The maximum absolute atomic E-state index is 14.0. The minimum atomic E-state index is -1.21. The molecule has 18 nitrogen and oxygen atoms in total. The molecule has 2 aromatic carbocycles. The van der Waals surface area contributed by atoms with Crippen LogP contribution in [0.15, 0.2) is 79.0 Å². The Bertz CT molecular complexity index is 2760. The number of anilines is 5. The Labute approximate surface area is 393 Å². The van der Waals surface area contributed by atoms with E-state index in [9.17, 15) is 33.9 Å². The molecule has 4 saturated heterocycles. The molecule has 3 aromatic heterocycles. The summed E-state index contributed by atoms with van der Waals surface area (Å²) in [6, 6.07) is 22.3. The van der Waals surface area contributed by atoms with Crippen molar-refractivity contribution in [1.82, 2.24) is 29.8 Å². The van der Waals surface area contributed by atoms with Gasteiger partial charge in [0.2, 0.25) is 29.5 Å². The van der Waals surface area contributed by atoms with Gasteiger partial charge in [-0.05, 0) is 93.0 Å². The van der Waals surface area contributed by atoms with Crippen molar-refractivity contribution >= 4 is 69.7 Å². The normalized spacial score (nSPS) is 21.4. The van der Waals surface area contributed by atoms with Crippen LogP contribution in [-0.4, -0.2) is 110 Å². The van der Waals surface area contributed by atoms with Crippen molar-refractivity contribution < 1.29 is 33.9 Å². The highest BCUT2D eigenvalue weighted by molar-refractivity contribution is 6.01. The van der Waals surface area contributed by atoms with Gasteiger partial charge >= 0.3 is 5.97 Å². The Kier molecular flexibility index (Phi) is 12.8. The predicted octanol–water partition coefficient (Wildman–Crippen LogP) is 5.79. The number of carboxylic acid groups (broad SMARTS) is 1. The van der Waals surface area contributed by atoms with Crippen LogP contribution in [0.25, 0.3) is 5.65 Å². The first-order valence-electron chi connectivity index (χ1n) is 23.5. The number of carbonyl (C=O) groups excluding carboxylic acids is 5. The Morgan fingerprint density at radius 1 is 0.794 bits per heavy atom. The summed E-state index contributed by atoms with van der Waals surface area (Å²) in [4.78, 5) is 90.6. The summed E-state index contributed by atoms with van der Waals surface area (Å²) in [5.41, 5.74) is 5.25. The van der Waals surface area contributed by atoms with E-state index in [4.69, 9.17) is 10.1 Å². The Balaban J connectivity index is 0.741. The summed E-state index contributed by atoms with van der Waals surface area (Å²) < 4.78 is 1.73. The molecule has 0 bridgehead atoms. The maximum Gasteiger partial charge on any atom is 0.354 e. The third-order valence-corrected chi connectivity index (χ3v) is 14.0. The number of carboxylic acids is 1. The summed E-state index contributed by atoms with van der Waals surface area (Å²) in [5, 5.41) is 25.8. The number of benzene rings is 2. The van der Waals surface area contributed by atoms with Crippen LogP contribution in [0.2, 0.25) is 0 Å². The number of likely N-dealkylation sites (tertiary alicyclic amines) is 1. The van der Waals surface area contributed by atoms with Crippen LogP contribution in [0.5, 0.6) is 0 Å². The first-order chi connectivity index (χ1) is 32.7. The molecule has 5 amide bonds. The van der Waals surface area contributed by atoms with E-state index in [-0.39, 0.29) is 71.1 Å². The fraction of sp³-hybridized carbons (Fsp3) is 0.420. The number of amides is 5. The molecule has 1 unspecified atom stereocenters. The number of aromatic nitrogens is 4. The number of aromatic carboxylic acids is 1. The summed E-state index contributed by atoms with van der Waals surface area (Å²) >= 11 is 0. The molecule has 3 atom stereocenters. The molecule has 4 aliphatic heterocycles. The summed E-state index contributed by atoms with van der Waals surface area (Å²) in [6.45, 7) is 8.35. The van der Waals surface area contributed by atoms with E-state index in [1.165, 1.54) is 11.6 Å². The number of carbonyl (C=O) groups is 6. The fourth-order valence-electron chi connectivity index (χ4n) is 10.1. The zero-order valence-electron chi connectivity index (χ0n) is 38.4. The molecule has 1 spiro atoms. The van der Waals surface area contributed by atoms with Gasteiger partial charge in [-0.3, -0.25) is 29.3 Å². The largest absolute Gasteiger partial charge is 0.477 e. The van der Waals surface area contributed by atoms with E-state index >= 15 is 0 Å². The lowest BCUT2D eigenvalue weighted by atomic mass is 9.82. The predicted molar refractivity (Wildman–Crippen MR) is 256 cm³/mol. The van der Waals surface area contributed by atoms with Crippen LogP contribution in [0.1, 0.15) is 103 Å². The lowest BCUT2D eigenvalue weighted by Gasteiger charge is -2.26. The fourth-order valence-corrected chi connectivity index (χ4v) is 10.1. The smallest absolute Gasteiger partial charge is 0.354 e. The van der Waals surface area contributed by atoms with Crippen molar-refractivity contribution in [2.45, 2.75) is 89.5 Å². The molecular formula is C50H57N11O7. The monoisotopic (exact) mass is 923 g/mol. The molecule has 0 aliphatic carbocycles. The number of unbranched alkanes of at least 4 members (excludes halogenated alkanes) is 2. The van der Waals surface area contributed by atoms with E-state index in [1.807, 2.05) is 29.0 Å². The van der Waals surface area contributed by atoms with Gasteiger partial charge < -0.3 is 35.8 Å². The van der Waals surface area contributed by atoms with Crippen molar-refractivity contribution in [2.75, 3.05) is 65.0 Å². The van der Waals surface area contributed by atoms with Gasteiger partial charge in [0, 0.05) is 92.5 Å². The quantitative estimate of drug-likeness (QED) is 0.0621. The lowest BCUT2D eigenvalue weighted by molar-refractivity contribution is -0.133. The van der Waals surface area contributed by atoms with E-state index in [0.717, 1.165) is 43.6 Å². The van der Waals surface area contributed by atoms with Crippen LogP contribution in [0.4, 0.5) is 28.6 Å². The van der Waals surface area contributed by atoms with Gasteiger partial charge in [-0.2, -0.15) is 0 Å². The average Bonchev–Trinajstić information content (AvgIpc) is 4.15. The molecule has 68 heavy (non-hydrogen) atoms. The van der Waals surface area contributed by atoms with E-state index in [2.05, 4.69) is 68.4 Å². The number of aryl methyl sites for hydroxylation is 1. The summed E-state index contributed by atoms with van der Waals surface area (Å²) in [5.74, 6) is -1.88. The minimum Gasteiger partial charge on any atom is -0.477 e. The second-order valence-electron chi connectivity index (χ2n) is 19.1. The Morgan fingerprint density at radius 3 is 2.24 bits per heavy atom. The third kappa shape index (κ3) is 10.1. The zero-order valence-corrected chi connectivity index (χ0v) is 38.4. The second-order valence-corrected chi connectivity index (χ2v) is 19.1. The van der Waals surface area contributed by atoms with Crippen LogP contribution >= 0.6 is 0 Å². The van der Waals surface area contributed by atoms with Gasteiger partial charge in [0.1, 0.15) is 11.9 Å². The van der Waals surface area contributed by atoms with Crippen molar-refractivity contribution in [3.8, 4) is 0 Å². The van der Waals surface area contributed by atoms with Crippen LogP contribution in [0.3, 0.4) is 0 Å². The third-order valence-electron chi connectivity index (χ3n) is 14.0. The number of hydrogen-bond donors (Lipinski definition) is 5. The topological polar surface area (TPSA) is 224 Å². The van der Waals surface area contributed by atoms with Gasteiger partial charge in [0.25, 0.3) is 5.91 Å². The first kappa shape index (κ1) is 45.8. The van der Waals surface area contributed by atoms with Crippen LogP contribution in [-0.2, 0) is 24.6 Å². The molecule has 7 heterocycles. The highest BCUT2D eigenvalue weighted by Crippen LogP contribution is 2.42. The highest BCUT2D eigenvalue weighted by Gasteiger charge is 2.46. The molecule has 354 valence electrons. The summed E-state index contributed by atoms with van der Waals surface area (Å²) in [6.07, 6.45) is 7.44. The van der Waals surface area contributed by atoms with Gasteiger partial charge in [0.15, 0.2) is 11.3 Å². The Morgan fingerprint density at radius 2 is 1.50 bits per heavy atom. The SMILES string of the molecule is Cc1cc(N2CC[C@](C)(c3ccccc3)C2)cn2nc(C(=O)N3CC[C@@]4(CCN(c5cc(NC(=O)CCCCCC(=O)Nc6ccc(NC7CCC(=O)NC7=O)cc6)cc(C(=O)O)n5)C4)C3)nc12. The molecule has 5 aromatic rings. The number of rotatable bonds is 15. The Hall–Kier alpha value is -7.37. The number of nitrogens with zero attached hydrogens (tertiary/aromatic N) is 7. The molecule has 0 radical (unpaired) electrons. The number of piperidine rings is 1. The van der Waals surface area contributed by atoms with Gasteiger partial charge in [-0.25, -0.2) is 19.3 Å². The van der Waals surface area contributed by atoms with Crippen molar-refractivity contribution in [3.05, 3.63) is 102 Å². The van der Waals surface area contributed by atoms with Gasteiger partial charge in [0.05, 0.1) is 11.9 Å². The molecule has 4 aliphatic rings. The van der Waals surface area contributed by atoms with Crippen molar-refractivity contribution in [2.24, 2.45) is 5.41 Å². The van der Waals surface area contributed by atoms with Crippen molar-refractivity contribution in [1.29, 1.82) is 0 Å². The number of fused-ring (bicyclic) bond motifs is 1. The summed E-state index contributed by atoms with van der Waals surface area (Å²) in [7, 11) is 0. The molecule has 0 saturated carbocycles. The lowest BCUT2D eigenvalue weighted by Crippen LogP contribution is -2.47. The van der Waals surface area contributed by atoms with Gasteiger partial charge in [-0.15, -0.1) is 5.10 Å². The number of hydrogen-bond acceptors (Lipinski definition) is 12. The van der Waals surface area contributed by atoms with Gasteiger partial charge in [-0.1, -0.05) is 43.7 Å².